The lowest BCUT2D eigenvalue weighted by Crippen LogP contribution is -2.09. The molecular formula is C17H17NO3. The molecule has 2 rings (SSSR count). The van der Waals surface area contributed by atoms with Crippen LogP contribution in [0.1, 0.15) is 24.2 Å². The van der Waals surface area contributed by atoms with Crippen molar-refractivity contribution in [3.63, 3.8) is 0 Å². The van der Waals surface area contributed by atoms with E-state index in [-0.39, 0.29) is 6.61 Å². The molecule has 0 radical (unpaired) electrons. The van der Waals surface area contributed by atoms with E-state index in [1.54, 1.807) is 36.4 Å². The van der Waals surface area contributed by atoms with Gasteiger partial charge in [-0.25, -0.2) is 0 Å². The van der Waals surface area contributed by atoms with Crippen molar-refractivity contribution in [1.82, 2.24) is 0 Å². The molecule has 0 amide bonds. The first kappa shape index (κ1) is 14.9. The molecule has 1 unspecified atom stereocenters. The average Bonchev–Trinajstić information content (AvgIpc) is 2.54. The molecule has 108 valence electrons. The van der Waals surface area contributed by atoms with Crippen LogP contribution in [0.15, 0.2) is 48.5 Å². The van der Waals surface area contributed by atoms with Crippen LogP contribution >= 0.6 is 0 Å². The van der Waals surface area contributed by atoms with Crippen molar-refractivity contribution in [2.45, 2.75) is 13.0 Å². The van der Waals surface area contributed by atoms with Crippen LogP contribution in [0, 0.1) is 11.3 Å². The molecule has 0 aromatic heterocycles. The minimum Gasteiger partial charge on any atom is -0.494 e. The summed E-state index contributed by atoms with van der Waals surface area (Å²) in [6, 6.07) is 16.1. The molecule has 2 aromatic carbocycles. The molecule has 0 bridgehead atoms. The van der Waals surface area contributed by atoms with E-state index in [1.807, 2.05) is 25.1 Å². The largest absolute Gasteiger partial charge is 0.494 e. The molecule has 4 heteroatoms. The summed E-state index contributed by atoms with van der Waals surface area (Å²) in [5.74, 6) is 1.46. The maximum Gasteiger partial charge on any atom is 0.119 e. The molecule has 0 aliphatic rings. The molecule has 0 heterocycles. The first-order chi connectivity index (χ1) is 10.2. The number of benzene rings is 2. The Morgan fingerprint density at radius 1 is 1.00 bits per heavy atom. The SMILES string of the molecule is CCOc1ccc(OCC(O)c2ccc(C#N)cc2)cc1. The molecule has 0 aliphatic carbocycles. The van der Waals surface area contributed by atoms with Gasteiger partial charge in [-0.15, -0.1) is 0 Å². The highest BCUT2D eigenvalue weighted by Gasteiger charge is 2.08. The van der Waals surface area contributed by atoms with Gasteiger partial charge in [-0.2, -0.15) is 5.26 Å². The van der Waals surface area contributed by atoms with E-state index in [0.717, 1.165) is 11.3 Å². The summed E-state index contributed by atoms with van der Waals surface area (Å²) in [4.78, 5) is 0. The van der Waals surface area contributed by atoms with Gasteiger partial charge in [-0.3, -0.25) is 0 Å². The zero-order valence-electron chi connectivity index (χ0n) is 11.8. The Morgan fingerprint density at radius 3 is 2.10 bits per heavy atom. The third kappa shape index (κ3) is 4.23. The molecule has 0 aliphatic heterocycles. The van der Waals surface area contributed by atoms with Gasteiger partial charge >= 0.3 is 0 Å². The third-order valence-electron chi connectivity index (χ3n) is 2.97. The maximum absolute atomic E-state index is 10.1. The Kier molecular flexibility index (Phi) is 5.19. The second kappa shape index (κ2) is 7.32. The van der Waals surface area contributed by atoms with Gasteiger partial charge in [0.05, 0.1) is 18.2 Å². The van der Waals surface area contributed by atoms with Crippen LogP contribution in [-0.2, 0) is 0 Å². The Balaban J connectivity index is 1.90. The summed E-state index contributed by atoms with van der Waals surface area (Å²) < 4.78 is 10.9. The fourth-order valence-corrected chi connectivity index (χ4v) is 1.85. The minimum absolute atomic E-state index is 0.153. The van der Waals surface area contributed by atoms with E-state index in [1.165, 1.54) is 0 Å². The normalized spacial score (nSPS) is 11.5. The van der Waals surface area contributed by atoms with Crippen molar-refractivity contribution >= 4 is 0 Å². The van der Waals surface area contributed by atoms with E-state index < -0.39 is 6.10 Å². The zero-order valence-corrected chi connectivity index (χ0v) is 11.8. The van der Waals surface area contributed by atoms with E-state index in [2.05, 4.69) is 0 Å². The van der Waals surface area contributed by atoms with Crippen LogP contribution in [0.4, 0.5) is 0 Å². The minimum atomic E-state index is -0.732. The molecule has 4 nitrogen and oxygen atoms in total. The molecule has 2 aromatic rings. The van der Waals surface area contributed by atoms with Crippen molar-refractivity contribution < 1.29 is 14.6 Å². The Morgan fingerprint density at radius 2 is 1.57 bits per heavy atom. The highest BCUT2D eigenvalue weighted by molar-refractivity contribution is 5.33. The monoisotopic (exact) mass is 283 g/mol. The van der Waals surface area contributed by atoms with Crippen molar-refractivity contribution in [3.8, 4) is 17.6 Å². The predicted molar refractivity (Wildman–Crippen MR) is 79.2 cm³/mol. The summed E-state index contributed by atoms with van der Waals surface area (Å²) in [7, 11) is 0. The summed E-state index contributed by atoms with van der Waals surface area (Å²) in [6.45, 7) is 2.70. The van der Waals surface area contributed by atoms with Gasteiger partial charge < -0.3 is 14.6 Å². The van der Waals surface area contributed by atoms with Gasteiger partial charge in [-0.1, -0.05) is 12.1 Å². The Bertz CT molecular complexity index is 599. The van der Waals surface area contributed by atoms with Crippen molar-refractivity contribution in [3.05, 3.63) is 59.7 Å². The van der Waals surface area contributed by atoms with E-state index >= 15 is 0 Å². The Labute approximate surface area is 124 Å². The van der Waals surface area contributed by atoms with Gasteiger partial charge in [0.25, 0.3) is 0 Å². The highest BCUT2D eigenvalue weighted by Crippen LogP contribution is 2.20. The fourth-order valence-electron chi connectivity index (χ4n) is 1.85. The topological polar surface area (TPSA) is 62.5 Å². The molecular weight excluding hydrogens is 266 g/mol. The summed E-state index contributed by atoms with van der Waals surface area (Å²) >= 11 is 0. The molecule has 0 fully saturated rings. The second-order valence-electron chi connectivity index (χ2n) is 4.47. The van der Waals surface area contributed by atoms with Crippen molar-refractivity contribution in [1.29, 1.82) is 5.26 Å². The van der Waals surface area contributed by atoms with Gasteiger partial charge in [0.1, 0.15) is 24.2 Å². The summed E-state index contributed by atoms with van der Waals surface area (Å²) in [5.41, 5.74) is 1.29. The number of nitrogens with zero attached hydrogens (tertiary/aromatic N) is 1. The van der Waals surface area contributed by atoms with E-state index in [4.69, 9.17) is 14.7 Å². The van der Waals surface area contributed by atoms with Crippen LogP contribution in [0.25, 0.3) is 0 Å². The lowest BCUT2D eigenvalue weighted by Gasteiger charge is -2.13. The average molecular weight is 283 g/mol. The number of hydrogen-bond acceptors (Lipinski definition) is 4. The smallest absolute Gasteiger partial charge is 0.119 e. The zero-order chi connectivity index (χ0) is 15.1. The van der Waals surface area contributed by atoms with Crippen molar-refractivity contribution in [2.24, 2.45) is 0 Å². The molecule has 0 spiro atoms. The molecule has 1 N–H and O–H groups in total. The van der Waals surface area contributed by atoms with E-state index in [0.29, 0.717) is 17.9 Å². The van der Waals surface area contributed by atoms with Crippen LogP contribution in [0.3, 0.4) is 0 Å². The standard InChI is InChI=1S/C17H17NO3/c1-2-20-15-7-9-16(10-8-15)21-12-17(19)14-5-3-13(11-18)4-6-14/h3-10,17,19H,2,12H2,1H3. The third-order valence-corrected chi connectivity index (χ3v) is 2.97. The van der Waals surface area contributed by atoms with Crippen LogP contribution in [0.2, 0.25) is 0 Å². The number of rotatable bonds is 6. The van der Waals surface area contributed by atoms with Crippen LogP contribution in [0.5, 0.6) is 11.5 Å². The quantitative estimate of drug-likeness (QED) is 0.885. The summed E-state index contributed by atoms with van der Waals surface area (Å²) in [6.07, 6.45) is -0.732. The number of aliphatic hydroxyl groups is 1. The summed E-state index contributed by atoms with van der Waals surface area (Å²) in [5, 5.41) is 18.8. The highest BCUT2D eigenvalue weighted by atomic mass is 16.5. The van der Waals surface area contributed by atoms with Crippen LogP contribution < -0.4 is 9.47 Å². The fraction of sp³-hybridized carbons (Fsp3) is 0.235. The second-order valence-corrected chi connectivity index (χ2v) is 4.47. The Hall–Kier alpha value is -2.51. The number of hydrogen-bond donors (Lipinski definition) is 1. The number of aliphatic hydroxyl groups excluding tert-OH is 1. The molecule has 0 saturated heterocycles. The lowest BCUT2D eigenvalue weighted by molar-refractivity contribution is 0.108. The van der Waals surface area contributed by atoms with Crippen molar-refractivity contribution in [2.75, 3.05) is 13.2 Å². The molecule has 0 saturated carbocycles. The van der Waals surface area contributed by atoms with Gasteiger partial charge in [0, 0.05) is 0 Å². The first-order valence-corrected chi connectivity index (χ1v) is 6.76. The van der Waals surface area contributed by atoms with Gasteiger partial charge in [0.15, 0.2) is 0 Å². The van der Waals surface area contributed by atoms with E-state index in [9.17, 15) is 5.11 Å². The van der Waals surface area contributed by atoms with Gasteiger partial charge in [0.2, 0.25) is 0 Å². The van der Waals surface area contributed by atoms with Crippen LogP contribution in [-0.4, -0.2) is 18.3 Å². The van der Waals surface area contributed by atoms with Gasteiger partial charge in [-0.05, 0) is 48.9 Å². The maximum atomic E-state index is 10.1. The predicted octanol–water partition coefficient (Wildman–Crippen LogP) is 3.07. The number of ether oxygens (including phenoxy) is 2. The number of nitriles is 1. The first-order valence-electron chi connectivity index (χ1n) is 6.76. The lowest BCUT2D eigenvalue weighted by atomic mass is 10.1. The molecule has 1 atom stereocenters. The molecule has 21 heavy (non-hydrogen) atoms.